The highest BCUT2D eigenvalue weighted by molar-refractivity contribution is 9.10. The van der Waals surface area contributed by atoms with Crippen LogP contribution >= 0.6 is 27.5 Å². The van der Waals surface area contributed by atoms with Crippen molar-refractivity contribution in [1.29, 1.82) is 0 Å². The summed E-state index contributed by atoms with van der Waals surface area (Å²) in [6.07, 6.45) is 2.08. The maximum atomic E-state index is 6.27. The van der Waals surface area contributed by atoms with Crippen LogP contribution in [0.2, 0.25) is 5.02 Å². The molecule has 0 spiro atoms. The number of rotatable bonds is 2. The molecular formula is C15H11BrClN. The molecule has 0 unspecified atom stereocenters. The lowest BCUT2D eigenvalue weighted by Gasteiger charge is -2.07. The number of nitrogens with zero attached hydrogens (tertiary/aromatic N) is 1. The molecule has 18 heavy (non-hydrogen) atoms. The van der Waals surface area contributed by atoms with E-state index in [1.165, 1.54) is 10.9 Å². The first-order valence-corrected chi connectivity index (χ1v) is 6.89. The summed E-state index contributed by atoms with van der Waals surface area (Å²) in [5.41, 5.74) is 2.35. The van der Waals surface area contributed by atoms with E-state index in [1.807, 2.05) is 24.3 Å². The number of halogens is 2. The Bertz CT molecular complexity index is 703. The van der Waals surface area contributed by atoms with Crippen LogP contribution in [-0.4, -0.2) is 4.57 Å². The molecule has 3 rings (SSSR count). The first-order chi connectivity index (χ1) is 8.74. The topological polar surface area (TPSA) is 4.93 Å². The number of hydrogen-bond acceptors (Lipinski definition) is 0. The molecule has 1 nitrogen and oxygen atoms in total. The van der Waals surface area contributed by atoms with E-state index in [9.17, 15) is 0 Å². The minimum atomic E-state index is 0.799. The predicted molar refractivity (Wildman–Crippen MR) is 80.2 cm³/mol. The van der Waals surface area contributed by atoms with Crippen molar-refractivity contribution < 1.29 is 0 Å². The van der Waals surface area contributed by atoms with E-state index in [2.05, 4.69) is 51.0 Å². The summed E-state index contributed by atoms with van der Waals surface area (Å²) in [6, 6.07) is 16.4. The Labute approximate surface area is 119 Å². The molecule has 2 aromatic carbocycles. The fourth-order valence-electron chi connectivity index (χ4n) is 2.18. The Hall–Kier alpha value is -1.25. The van der Waals surface area contributed by atoms with Gasteiger partial charge in [-0.1, -0.05) is 51.8 Å². The van der Waals surface area contributed by atoms with Crippen LogP contribution < -0.4 is 0 Å². The lowest BCUT2D eigenvalue weighted by molar-refractivity contribution is 0.836. The normalized spacial score (nSPS) is 11.0. The van der Waals surface area contributed by atoms with E-state index in [0.29, 0.717) is 0 Å². The van der Waals surface area contributed by atoms with Crippen LogP contribution in [0.4, 0.5) is 0 Å². The second-order valence-electron chi connectivity index (χ2n) is 4.25. The standard InChI is InChI=1S/C15H11BrClN/c16-13-5-1-3-11(9-13)10-18-8-7-12-4-2-6-14(17)15(12)18/h1-9H,10H2. The number of fused-ring (bicyclic) bond motifs is 1. The maximum absolute atomic E-state index is 6.27. The average molecular weight is 321 g/mol. The minimum absolute atomic E-state index is 0.799. The van der Waals surface area contributed by atoms with Crippen LogP contribution in [0.5, 0.6) is 0 Å². The van der Waals surface area contributed by atoms with E-state index in [-0.39, 0.29) is 0 Å². The Kier molecular flexibility index (Phi) is 3.14. The van der Waals surface area contributed by atoms with Crippen molar-refractivity contribution in [1.82, 2.24) is 4.57 Å². The minimum Gasteiger partial charge on any atom is -0.342 e. The van der Waals surface area contributed by atoms with Crippen LogP contribution in [0.3, 0.4) is 0 Å². The van der Waals surface area contributed by atoms with Gasteiger partial charge in [0.1, 0.15) is 0 Å². The Morgan fingerprint density at radius 2 is 1.89 bits per heavy atom. The highest BCUT2D eigenvalue weighted by atomic mass is 79.9. The predicted octanol–water partition coefficient (Wildman–Crippen LogP) is 5.11. The monoisotopic (exact) mass is 319 g/mol. The summed E-state index contributed by atoms with van der Waals surface area (Å²) in [7, 11) is 0. The molecule has 1 heterocycles. The average Bonchev–Trinajstić information content (AvgIpc) is 2.74. The highest BCUT2D eigenvalue weighted by Crippen LogP contribution is 2.25. The van der Waals surface area contributed by atoms with Gasteiger partial charge in [-0.15, -0.1) is 0 Å². The van der Waals surface area contributed by atoms with Gasteiger partial charge in [-0.3, -0.25) is 0 Å². The smallest absolute Gasteiger partial charge is 0.0672 e. The summed E-state index contributed by atoms with van der Waals surface area (Å²) in [5, 5.41) is 1.98. The molecule has 0 amide bonds. The van der Waals surface area contributed by atoms with Crippen molar-refractivity contribution in [3.63, 3.8) is 0 Å². The Balaban J connectivity index is 2.05. The lowest BCUT2D eigenvalue weighted by Crippen LogP contribution is -1.97. The van der Waals surface area contributed by atoms with Gasteiger partial charge in [0, 0.05) is 22.6 Å². The second kappa shape index (κ2) is 4.79. The van der Waals surface area contributed by atoms with Crippen molar-refractivity contribution in [3.05, 3.63) is 69.8 Å². The molecule has 0 fully saturated rings. The van der Waals surface area contributed by atoms with Crippen molar-refractivity contribution in [2.24, 2.45) is 0 Å². The van der Waals surface area contributed by atoms with Gasteiger partial charge < -0.3 is 4.57 Å². The molecule has 1 aromatic heterocycles. The molecule has 0 bridgehead atoms. The maximum Gasteiger partial charge on any atom is 0.0672 e. The molecule has 0 aliphatic heterocycles. The summed E-state index contributed by atoms with van der Waals surface area (Å²) < 4.78 is 3.28. The first kappa shape index (κ1) is 11.8. The molecule has 0 radical (unpaired) electrons. The molecule has 3 aromatic rings. The van der Waals surface area contributed by atoms with Gasteiger partial charge in [-0.2, -0.15) is 0 Å². The van der Waals surface area contributed by atoms with Gasteiger partial charge in [-0.25, -0.2) is 0 Å². The molecule has 0 aliphatic rings. The van der Waals surface area contributed by atoms with Crippen LogP contribution in [-0.2, 0) is 6.54 Å². The molecular weight excluding hydrogens is 310 g/mol. The van der Waals surface area contributed by atoms with Gasteiger partial charge in [-0.05, 0) is 29.8 Å². The summed E-state index contributed by atoms with van der Waals surface area (Å²) in [5.74, 6) is 0. The van der Waals surface area contributed by atoms with Gasteiger partial charge in [0.15, 0.2) is 0 Å². The molecule has 0 atom stereocenters. The molecule has 0 saturated heterocycles. The van der Waals surface area contributed by atoms with Crippen molar-refractivity contribution in [2.45, 2.75) is 6.54 Å². The largest absolute Gasteiger partial charge is 0.342 e. The van der Waals surface area contributed by atoms with E-state index >= 15 is 0 Å². The van der Waals surface area contributed by atoms with Gasteiger partial charge in [0.05, 0.1) is 10.5 Å². The summed E-state index contributed by atoms with van der Waals surface area (Å²) >= 11 is 9.77. The van der Waals surface area contributed by atoms with Crippen molar-refractivity contribution >= 4 is 38.4 Å². The van der Waals surface area contributed by atoms with Crippen molar-refractivity contribution in [2.75, 3.05) is 0 Å². The zero-order valence-corrected chi connectivity index (χ0v) is 11.9. The third-order valence-electron chi connectivity index (χ3n) is 2.98. The van der Waals surface area contributed by atoms with E-state index in [1.54, 1.807) is 0 Å². The first-order valence-electron chi connectivity index (χ1n) is 5.72. The molecule has 3 heteroatoms. The van der Waals surface area contributed by atoms with E-state index in [4.69, 9.17) is 11.6 Å². The number of hydrogen-bond donors (Lipinski definition) is 0. The lowest BCUT2D eigenvalue weighted by atomic mass is 10.2. The number of para-hydroxylation sites is 1. The zero-order chi connectivity index (χ0) is 12.5. The van der Waals surface area contributed by atoms with Crippen LogP contribution in [0.25, 0.3) is 10.9 Å². The van der Waals surface area contributed by atoms with Gasteiger partial charge in [0.2, 0.25) is 0 Å². The third-order valence-corrected chi connectivity index (χ3v) is 3.78. The molecule has 0 aliphatic carbocycles. The third kappa shape index (κ3) is 2.18. The highest BCUT2D eigenvalue weighted by Gasteiger charge is 2.05. The second-order valence-corrected chi connectivity index (χ2v) is 5.57. The Morgan fingerprint density at radius 1 is 1.06 bits per heavy atom. The summed E-state index contributed by atoms with van der Waals surface area (Å²) in [6.45, 7) is 0.826. The van der Waals surface area contributed by atoms with Crippen LogP contribution in [0, 0.1) is 0 Å². The number of benzene rings is 2. The van der Waals surface area contributed by atoms with Crippen LogP contribution in [0.1, 0.15) is 5.56 Å². The van der Waals surface area contributed by atoms with Crippen molar-refractivity contribution in [3.8, 4) is 0 Å². The molecule has 90 valence electrons. The van der Waals surface area contributed by atoms with Gasteiger partial charge in [0.25, 0.3) is 0 Å². The fourth-order valence-corrected chi connectivity index (χ4v) is 2.92. The molecule has 0 N–H and O–H groups in total. The van der Waals surface area contributed by atoms with Crippen LogP contribution in [0.15, 0.2) is 59.2 Å². The zero-order valence-electron chi connectivity index (χ0n) is 9.61. The Morgan fingerprint density at radius 3 is 2.72 bits per heavy atom. The SMILES string of the molecule is Clc1cccc2ccn(Cc3cccc(Br)c3)c12. The fraction of sp³-hybridized carbons (Fsp3) is 0.0667. The quantitative estimate of drug-likeness (QED) is 0.618. The van der Waals surface area contributed by atoms with E-state index in [0.717, 1.165) is 21.6 Å². The van der Waals surface area contributed by atoms with E-state index < -0.39 is 0 Å². The summed E-state index contributed by atoms with van der Waals surface area (Å²) in [4.78, 5) is 0. The van der Waals surface area contributed by atoms with Gasteiger partial charge >= 0.3 is 0 Å². The molecule has 0 saturated carbocycles. The number of aromatic nitrogens is 1.